The van der Waals surface area contributed by atoms with Crippen molar-refractivity contribution < 1.29 is 22.8 Å². The summed E-state index contributed by atoms with van der Waals surface area (Å²) in [7, 11) is 0. The molecule has 0 radical (unpaired) electrons. The number of anilines is 1. The van der Waals surface area contributed by atoms with Crippen molar-refractivity contribution in [2.75, 3.05) is 17.6 Å². The van der Waals surface area contributed by atoms with E-state index in [4.69, 9.17) is 0 Å². The fourth-order valence-electron chi connectivity index (χ4n) is 4.41. The Kier molecular flexibility index (Phi) is 7.60. The second kappa shape index (κ2) is 11.2. The molecule has 0 spiro atoms. The number of amides is 2. The van der Waals surface area contributed by atoms with Gasteiger partial charge in [-0.3, -0.25) is 9.59 Å². The number of carbonyl (C=O) groups excluding carboxylic acids is 2. The number of fused-ring (bicyclic) bond motifs is 2. The van der Waals surface area contributed by atoms with Gasteiger partial charge in [-0.15, -0.1) is 11.8 Å². The van der Waals surface area contributed by atoms with E-state index in [-0.39, 0.29) is 23.8 Å². The van der Waals surface area contributed by atoms with Crippen LogP contribution in [0.15, 0.2) is 102 Å². The van der Waals surface area contributed by atoms with Crippen molar-refractivity contribution in [3.8, 4) is 0 Å². The molecule has 0 aliphatic heterocycles. The highest BCUT2D eigenvalue weighted by atomic mass is 32.2. The van der Waals surface area contributed by atoms with Gasteiger partial charge in [0.1, 0.15) is 0 Å². The summed E-state index contributed by atoms with van der Waals surface area (Å²) < 4.78 is 40.9. The van der Waals surface area contributed by atoms with E-state index in [0.717, 1.165) is 44.4 Å². The Morgan fingerprint density at radius 3 is 2.38 bits per heavy atom. The van der Waals surface area contributed by atoms with Crippen LogP contribution in [-0.2, 0) is 17.5 Å². The first-order chi connectivity index (χ1) is 18.8. The van der Waals surface area contributed by atoms with E-state index in [1.165, 1.54) is 23.9 Å². The Hall–Kier alpha value is -4.24. The van der Waals surface area contributed by atoms with Gasteiger partial charge in [0.2, 0.25) is 5.91 Å². The molecule has 198 valence electrons. The lowest BCUT2D eigenvalue weighted by Gasteiger charge is -2.10. The summed E-state index contributed by atoms with van der Waals surface area (Å²) in [4.78, 5) is 26.2. The van der Waals surface area contributed by atoms with Crippen molar-refractivity contribution >= 4 is 50.9 Å². The standard InChI is InChI=1S/C30H24F3N3O2S/c31-30(32,33)22-10-5-9-21(17-22)29(38)34-15-16-36-18-27(24-12-3-4-14-26(24)36)39-19-28(37)35-25-13-6-8-20-7-1-2-11-23(20)25/h1-14,17-18H,15-16,19H2,(H,34,38)(H,35,37). The lowest BCUT2D eigenvalue weighted by molar-refractivity contribution is -0.137. The Balaban J connectivity index is 1.23. The van der Waals surface area contributed by atoms with Crippen LogP contribution in [-0.4, -0.2) is 28.7 Å². The molecule has 39 heavy (non-hydrogen) atoms. The van der Waals surface area contributed by atoms with Crippen LogP contribution in [0.4, 0.5) is 18.9 Å². The van der Waals surface area contributed by atoms with Crippen molar-refractivity contribution in [1.82, 2.24) is 9.88 Å². The molecule has 0 saturated carbocycles. The predicted molar refractivity (Wildman–Crippen MR) is 149 cm³/mol. The van der Waals surface area contributed by atoms with E-state index in [1.54, 1.807) is 0 Å². The molecule has 9 heteroatoms. The zero-order chi connectivity index (χ0) is 27.4. The molecule has 1 heterocycles. The molecule has 0 aliphatic carbocycles. The van der Waals surface area contributed by atoms with Crippen molar-refractivity contribution in [1.29, 1.82) is 0 Å². The number of benzene rings is 4. The molecular weight excluding hydrogens is 523 g/mol. The molecule has 2 N–H and O–H groups in total. The van der Waals surface area contributed by atoms with E-state index >= 15 is 0 Å². The fraction of sp³-hybridized carbons (Fsp3) is 0.133. The minimum atomic E-state index is -4.51. The van der Waals surface area contributed by atoms with E-state index in [2.05, 4.69) is 10.6 Å². The number of carbonyl (C=O) groups is 2. The number of nitrogens with one attached hydrogen (secondary N) is 2. The first kappa shape index (κ1) is 26.4. The molecule has 2 amide bonds. The second-order valence-electron chi connectivity index (χ2n) is 8.90. The van der Waals surface area contributed by atoms with Gasteiger partial charge in [-0.1, -0.05) is 60.7 Å². The highest BCUT2D eigenvalue weighted by Gasteiger charge is 2.30. The smallest absolute Gasteiger partial charge is 0.350 e. The van der Waals surface area contributed by atoms with Crippen LogP contribution in [0, 0.1) is 0 Å². The van der Waals surface area contributed by atoms with Crippen LogP contribution in [0.2, 0.25) is 0 Å². The molecule has 0 bridgehead atoms. The molecule has 4 aromatic carbocycles. The topological polar surface area (TPSA) is 63.1 Å². The quantitative estimate of drug-likeness (QED) is 0.206. The van der Waals surface area contributed by atoms with Crippen molar-refractivity contribution in [3.05, 3.63) is 108 Å². The third-order valence-electron chi connectivity index (χ3n) is 6.26. The van der Waals surface area contributed by atoms with Gasteiger partial charge in [-0.2, -0.15) is 13.2 Å². The summed E-state index contributed by atoms with van der Waals surface area (Å²) in [6.45, 7) is 0.632. The summed E-state index contributed by atoms with van der Waals surface area (Å²) in [5.41, 5.74) is 0.786. The molecule has 0 aliphatic rings. The number of alkyl halides is 3. The fourth-order valence-corrected chi connectivity index (χ4v) is 5.29. The SMILES string of the molecule is O=C(CSc1cn(CCNC(=O)c2cccc(C(F)(F)F)c2)c2ccccc12)Nc1cccc2ccccc12. The monoisotopic (exact) mass is 547 g/mol. The first-order valence-electron chi connectivity index (χ1n) is 12.2. The van der Waals surface area contributed by atoms with E-state index < -0.39 is 17.6 Å². The van der Waals surface area contributed by atoms with Gasteiger partial charge in [0.05, 0.1) is 11.3 Å². The highest BCUT2D eigenvalue weighted by molar-refractivity contribution is 8.00. The molecule has 5 aromatic rings. The minimum Gasteiger partial charge on any atom is -0.350 e. The average molecular weight is 548 g/mol. The number of thioether (sulfide) groups is 1. The largest absolute Gasteiger partial charge is 0.416 e. The zero-order valence-corrected chi connectivity index (χ0v) is 21.5. The number of para-hydroxylation sites is 1. The normalized spacial score (nSPS) is 11.6. The third kappa shape index (κ3) is 6.09. The second-order valence-corrected chi connectivity index (χ2v) is 9.92. The van der Waals surface area contributed by atoms with Crippen molar-refractivity contribution in [2.24, 2.45) is 0 Å². The van der Waals surface area contributed by atoms with Gasteiger partial charge in [0.25, 0.3) is 5.91 Å². The van der Waals surface area contributed by atoms with E-state index in [9.17, 15) is 22.8 Å². The van der Waals surface area contributed by atoms with Gasteiger partial charge in [-0.25, -0.2) is 0 Å². The van der Waals surface area contributed by atoms with Gasteiger partial charge < -0.3 is 15.2 Å². The lowest BCUT2D eigenvalue weighted by Crippen LogP contribution is -2.27. The predicted octanol–water partition coefficient (Wildman–Crippen LogP) is 6.97. The summed E-state index contributed by atoms with van der Waals surface area (Å²) in [5.74, 6) is -0.484. The highest BCUT2D eigenvalue weighted by Crippen LogP contribution is 2.31. The number of halogens is 3. The number of hydrogen-bond donors (Lipinski definition) is 2. The van der Waals surface area contributed by atoms with Crippen molar-refractivity contribution in [2.45, 2.75) is 17.6 Å². The summed E-state index contributed by atoms with van der Waals surface area (Å²) >= 11 is 1.42. The van der Waals surface area contributed by atoms with Gasteiger partial charge >= 0.3 is 6.18 Å². The van der Waals surface area contributed by atoms with Crippen LogP contribution < -0.4 is 10.6 Å². The Morgan fingerprint density at radius 2 is 1.56 bits per heavy atom. The summed E-state index contributed by atoms with van der Waals surface area (Å²) in [6.07, 6.45) is -2.59. The molecule has 0 atom stereocenters. The van der Waals surface area contributed by atoms with Crippen LogP contribution >= 0.6 is 11.8 Å². The Bertz CT molecular complexity index is 1660. The molecule has 0 saturated heterocycles. The van der Waals surface area contributed by atoms with Crippen LogP contribution in [0.25, 0.3) is 21.7 Å². The maximum Gasteiger partial charge on any atom is 0.416 e. The molecule has 0 unspecified atom stereocenters. The molecule has 0 fully saturated rings. The number of hydrogen-bond acceptors (Lipinski definition) is 3. The zero-order valence-electron chi connectivity index (χ0n) is 20.7. The van der Waals surface area contributed by atoms with Crippen LogP contribution in [0.3, 0.4) is 0 Å². The number of aromatic nitrogens is 1. The van der Waals surface area contributed by atoms with Crippen LogP contribution in [0.1, 0.15) is 15.9 Å². The van der Waals surface area contributed by atoms with E-state index in [1.807, 2.05) is 77.5 Å². The first-order valence-corrected chi connectivity index (χ1v) is 13.2. The molecular formula is C30H24F3N3O2S. The van der Waals surface area contributed by atoms with Gasteiger partial charge in [0, 0.05) is 51.7 Å². The number of nitrogens with zero attached hydrogens (tertiary/aromatic N) is 1. The lowest BCUT2D eigenvalue weighted by atomic mass is 10.1. The average Bonchev–Trinajstić information content (AvgIpc) is 3.29. The van der Waals surface area contributed by atoms with Gasteiger partial charge in [0.15, 0.2) is 0 Å². The summed E-state index contributed by atoms with van der Waals surface area (Å²) in [6, 6.07) is 25.7. The van der Waals surface area contributed by atoms with E-state index in [0.29, 0.717) is 6.54 Å². The minimum absolute atomic E-state index is 0.0457. The third-order valence-corrected chi connectivity index (χ3v) is 7.31. The number of rotatable bonds is 8. The van der Waals surface area contributed by atoms with Crippen molar-refractivity contribution in [3.63, 3.8) is 0 Å². The Labute approximate surface area is 227 Å². The molecule has 1 aromatic heterocycles. The maximum absolute atomic E-state index is 13.0. The van der Waals surface area contributed by atoms with Gasteiger partial charge in [-0.05, 0) is 35.7 Å². The Morgan fingerprint density at radius 1 is 0.846 bits per heavy atom. The molecule has 5 nitrogen and oxygen atoms in total. The summed E-state index contributed by atoms with van der Waals surface area (Å²) in [5, 5.41) is 8.69. The maximum atomic E-state index is 13.0. The van der Waals surface area contributed by atoms with Crippen LogP contribution in [0.5, 0.6) is 0 Å². The molecule has 5 rings (SSSR count).